The summed E-state index contributed by atoms with van der Waals surface area (Å²) in [6.45, 7) is 5.01. The Morgan fingerprint density at radius 3 is 2.56 bits per heavy atom. The highest BCUT2D eigenvalue weighted by molar-refractivity contribution is 6.30. The molecule has 134 valence electrons. The van der Waals surface area contributed by atoms with Crippen molar-refractivity contribution in [2.24, 2.45) is 0 Å². The number of nitrogens with one attached hydrogen (secondary N) is 1. The number of likely N-dealkylation sites (N-methyl/N-ethyl adjacent to an activating group) is 1. The first-order chi connectivity index (χ1) is 12.0. The number of halogens is 1. The summed E-state index contributed by atoms with van der Waals surface area (Å²) in [5.74, 6) is 0.734. The topological polar surface area (TPSA) is 41.6 Å². The fourth-order valence-corrected chi connectivity index (χ4v) is 2.60. The van der Waals surface area contributed by atoms with Crippen LogP contribution in [0.3, 0.4) is 0 Å². The van der Waals surface area contributed by atoms with Crippen LogP contribution < -0.4 is 10.1 Å². The number of benzene rings is 2. The van der Waals surface area contributed by atoms with Crippen molar-refractivity contribution < 1.29 is 9.53 Å². The zero-order chi connectivity index (χ0) is 18.2. The predicted molar refractivity (Wildman–Crippen MR) is 102 cm³/mol. The molecule has 0 aliphatic rings. The first kappa shape index (κ1) is 19.3. The van der Waals surface area contributed by atoms with Crippen LogP contribution in [-0.2, 0) is 4.79 Å². The maximum absolute atomic E-state index is 12.4. The Bertz CT molecular complexity index is 678. The van der Waals surface area contributed by atoms with Crippen LogP contribution in [0.4, 0.5) is 0 Å². The van der Waals surface area contributed by atoms with Crippen LogP contribution >= 0.6 is 11.6 Å². The van der Waals surface area contributed by atoms with Gasteiger partial charge in [-0.1, -0.05) is 48.0 Å². The first-order valence-corrected chi connectivity index (χ1v) is 8.79. The molecule has 0 heterocycles. The molecule has 0 unspecified atom stereocenters. The van der Waals surface area contributed by atoms with Gasteiger partial charge < -0.3 is 10.1 Å². The molecule has 2 aromatic rings. The maximum Gasteiger partial charge on any atom is 0.237 e. The van der Waals surface area contributed by atoms with E-state index in [1.165, 1.54) is 0 Å². The maximum atomic E-state index is 12.4. The number of hydrogen-bond acceptors (Lipinski definition) is 3. The van der Waals surface area contributed by atoms with E-state index in [1.54, 1.807) is 12.1 Å². The Hall–Kier alpha value is -2.04. The molecule has 1 amide bonds. The quantitative estimate of drug-likeness (QED) is 0.775. The lowest BCUT2D eigenvalue weighted by atomic mass is 10.1. The Kier molecular flexibility index (Phi) is 7.29. The van der Waals surface area contributed by atoms with Crippen LogP contribution in [0, 0.1) is 0 Å². The number of nitrogens with zero attached hydrogens (tertiary/aromatic N) is 1. The molecular weight excluding hydrogens is 336 g/mol. The Balaban J connectivity index is 1.78. The van der Waals surface area contributed by atoms with Crippen LogP contribution in [0.25, 0.3) is 0 Å². The monoisotopic (exact) mass is 360 g/mol. The zero-order valence-electron chi connectivity index (χ0n) is 14.9. The molecule has 25 heavy (non-hydrogen) atoms. The minimum absolute atomic E-state index is 0.00149. The average molecular weight is 361 g/mol. The largest absolute Gasteiger partial charge is 0.492 e. The second-order valence-electron chi connectivity index (χ2n) is 6.10. The molecule has 4 nitrogen and oxygen atoms in total. The second kappa shape index (κ2) is 9.44. The number of rotatable bonds is 8. The van der Waals surface area contributed by atoms with Crippen molar-refractivity contribution >= 4 is 17.5 Å². The predicted octanol–water partition coefficient (Wildman–Crippen LogP) is 3.92. The fraction of sp³-hybridized carbons (Fsp3) is 0.350. The summed E-state index contributed by atoms with van der Waals surface area (Å²) in [5.41, 5.74) is 1.09. The van der Waals surface area contributed by atoms with Gasteiger partial charge in [-0.2, -0.15) is 0 Å². The van der Waals surface area contributed by atoms with Crippen molar-refractivity contribution in [3.63, 3.8) is 0 Å². The van der Waals surface area contributed by atoms with E-state index in [1.807, 2.05) is 68.3 Å². The third-order valence-electron chi connectivity index (χ3n) is 4.21. The van der Waals surface area contributed by atoms with E-state index in [0.717, 1.165) is 11.3 Å². The summed E-state index contributed by atoms with van der Waals surface area (Å²) < 4.78 is 5.68. The highest BCUT2D eigenvalue weighted by atomic mass is 35.5. The van der Waals surface area contributed by atoms with Gasteiger partial charge in [0.1, 0.15) is 12.4 Å². The van der Waals surface area contributed by atoms with Crippen molar-refractivity contribution in [2.45, 2.75) is 25.9 Å². The van der Waals surface area contributed by atoms with E-state index < -0.39 is 0 Å². The zero-order valence-corrected chi connectivity index (χ0v) is 15.7. The third kappa shape index (κ3) is 6.07. The highest BCUT2D eigenvalue weighted by Gasteiger charge is 2.19. The van der Waals surface area contributed by atoms with Crippen LogP contribution in [0.2, 0.25) is 5.02 Å². The minimum atomic E-state index is -0.242. The fourth-order valence-electron chi connectivity index (χ4n) is 2.42. The van der Waals surface area contributed by atoms with Gasteiger partial charge in [-0.25, -0.2) is 0 Å². The van der Waals surface area contributed by atoms with Crippen molar-refractivity contribution in [1.29, 1.82) is 0 Å². The Labute approximate surface area is 154 Å². The van der Waals surface area contributed by atoms with E-state index in [-0.39, 0.29) is 18.0 Å². The summed E-state index contributed by atoms with van der Waals surface area (Å²) in [4.78, 5) is 14.4. The molecule has 0 aromatic heterocycles. The minimum Gasteiger partial charge on any atom is -0.492 e. The van der Waals surface area contributed by atoms with Crippen LogP contribution in [-0.4, -0.2) is 37.0 Å². The SMILES string of the molecule is C[C@H](NC(=O)[C@@H](C)N(C)CCOc1cccc(Cl)c1)c1ccccc1. The molecule has 1 N–H and O–H groups in total. The lowest BCUT2D eigenvalue weighted by Crippen LogP contribution is -2.45. The molecule has 0 fully saturated rings. The molecule has 2 rings (SSSR count). The number of ether oxygens (including phenoxy) is 1. The van der Waals surface area contributed by atoms with Gasteiger partial charge in [0, 0.05) is 11.6 Å². The lowest BCUT2D eigenvalue weighted by molar-refractivity contribution is -0.126. The average Bonchev–Trinajstić information content (AvgIpc) is 2.61. The van der Waals surface area contributed by atoms with E-state index in [0.29, 0.717) is 18.2 Å². The van der Waals surface area contributed by atoms with Gasteiger partial charge in [-0.3, -0.25) is 9.69 Å². The van der Waals surface area contributed by atoms with Crippen LogP contribution in [0.5, 0.6) is 5.75 Å². The molecule has 0 spiro atoms. The summed E-state index contributed by atoms with van der Waals surface area (Å²) in [6.07, 6.45) is 0. The smallest absolute Gasteiger partial charge is 0.237 e. The number of carbonyl (C=O) groups is 1. The van der Waals surface area contributed by atoms with Crippen molar-refractivity contribution in [2.75, 3.05) is 20.2 Å². The standard InChI is InChI=1S/C20H25ClN2O2/c1-15(17-8-5-4-6-9-17)22-20(24)16(2)23(3)12-13-25-19-11-7-10-18(21)14-19/h4-11,14-16H,12-13H2,1-3H3,(H,22,24)/t15-,16+/m0/s1. The van der Waals surface area contributed by atoms with E-state index in [9.17, 15) is 4.79 Å². The molecule has 0 saturated carbocycles. The van der Waals surface area contributed by atoms with Crippen molar-refractivity contribution in [1.82, 2.24) is 10.2 Å². The summed E-state index contributed by atoms with van der Waals surface area (Å²) in [6, 6.07) is 17.0. The van der Waals surface area contributed by atoms with Gasteiger partial charge in [0.05, 0.1) is 12.1 Å². The van der Waals surface area contributed by atoms with Gasteiger partial charge in [-0.15, -0.1) is 0 Å². The molecule has 2 atom stereocenters. The third-order valence-corrected chi connectivity index (χ3v) is 4.44. The molecule has 0 radical (unpaired) electrons. The van der Waals surface area contributed by atoms with E-state index in [4.69, 9.17) is 16.3 Å². The molecule has 0 saturated heterocycles. The Morgan fingerprint density at radius 2 is 1.88 bits per heavy atom. The van der Waals surface area contributed by atoms with Gasteiger partial charge in [0.25, 0.3) is 0 Å². The van der Waals surface area contributed by atoms with Crippen LogP contribution in [0.1, 0.15) is 25.5 Å². The molecular formula is C20H25ClN2O2. The summed E-state index contributed by atoms with van der Waals surface area (Å²) in [5, 5.41) is 3.70. The normalized spacial score (nSPS) is 13.3. The summed E-state index contributed by atoms with van der Waals surface area (Å²) in [7, 11) is 1.92. The molecule has 0 bridgehead atoms. The first-order valence-electron chi connectivity index (χ1n) is 8.41. The van der Waals surface area contributed by atoms with Gasteiger partial charge >= 0.3 is 0 Å². The number of amides is 1. The van der Waals surface area contributed by atoms with E-state index in [2.05, 4.69) is 5.32 Å². The highest BCUT2D eigenvalue weighted by Crippen LogP contribution is 2.17. The molecule has 2 aromatic carbocycles. The molecule has 0 aliphatic heterocycles. The molecule has 5 heteroatoms. The number of hydrogen-bond donors (Lipinski definition) is 1. The van der Waals surface area contributed by atoms with Crippen molar-refractivity contribution in [3.05, 3.63) is 65.2 Å². The van der Waals surface area contributed by atoms with Crippen molar-refractivity contribution in [3.8, 4) is 5.75 Å². The van der Waals surface area contributed by atoms with Gasteiger partial charge in [-0.05, 0) is 44.7 Å². The van der Waals surface area contributed by atoms with E-state index >= 15 is 0 Å². The number of carbonyl (C=O) groups excluding carboxylic acids is 1. The van der Waals surface area contributed by atoms with Gasteiger partial charge in [0.15, 0.2) is 0 Å². The Morgan fingerprint density at radius 1 is 1.16 bits per heavy atom. The summed E-state index contributed by atoms with van der Waals surface area (Å²) >= 11 is 5.93. The van der Waals surface area contributed by atoms with Gasteiger partial charge in [0.2, 0.25) is 5.91 Å². The molecule has 0 aliphatic carbocycles. The lowest BCUT2D eigenvalue weighted by Gasteiger charge is -2.25. The second-order valence-corrected chi connectivity index (χ2v) is 6.54. The van der Waals surface area contributed by atoms with Crippen LogP contribution in [0.15, 0.2) is 54.6 Å².